The van der Waals surface area contributed by atoms with Crippen LogP contribution in [0.4, 0.5) is 0 Å². The van der Waals surface area contributed by atoms with Crippen LogP contribution in [0.15, 0.2) is 17.5 Å². The predicted octanol–water partition coefficient (Wildman–Crippen LogP) is 1.69. The molecule has 0 amide bonds. The van der Waals surface area contributed by atoms with Crippen LogP contribution in [0.25, 0.3) is 0 Å². The molecule has 1 aliphatic rings. The summed E-state index contributed by atoms with van der Waals surface area (Å²) in [7, 11) is 0. The second kappa shape index (κ2) is 5.29. The minimum Gasteiger partial charge on any atom is -0.384 e. The van der Waals surface area contributed by atoms with E-state index in [9.17, 15) is 5.11 Å². The highest BCUT2D eigenvalue weighted by molar-refractivity contribution is 7.10. The van der Waals surface area contributed by atoms with E-state index in [0.717, 1.165) is 13.0 Å². The van der Waals surface area contributed by atoms with Gasteiger partial charge >= 0.3 is 0 Å². The van der Waals surface area contributed by atoms with Crippen LogP contribution < -0.4 is 5.32 Å². The largest absolute Gasteiger partial charge is 0.384 e. The standard InChI is InChI=1S/C14H23NO2S/c1-11(12-5-4-8-18-12)15-10-14(16)6-7-17-13(2,3)9-14/h4-5,8,11,15-16H,6-7,9-10H2,1-3H3/p+1/t11-,14-/m0/s1. The van der Waals surface area contributed by atoms with Crippen LogP contribution in [0.5, 0.6) is 0 Å². The van der Waals surface area contributed by atoms with Crippen molar-refractivity contribution in [2.45, 2.75) is 50.9 Å². The average Bonchev–Trinajstić information content (AvgIpc) is 2.77. The van der Waals surface area contributed by atoms with Gasteiger partial charge in [-0.05, 0) is 32.2 Å². The van der Waals surface area contributed by atoms with Crippen LogP contribution in [-0.2, 0) is 4.74 Å². The van der Waals surface area contributed by atoms with Crippen molar-refractivity contribution < 1.29 is 15.2 Å². The average molecular weight is 270 g/mol. The summed E-state index contributed by atoms with van der Waals surface area (Å²) in [6.07, 6.45) is 1.46. The SMILES string of the molecule is C[C@H]([NH2+]C[C@]1(O)CCOC(C)(C)C1)c1cccs1. The number of rotatable bonds is 4. The van der Waals surface area contributed by atoms with Crippen molar-refractivity contribution in [3.63, 3.8) is 0 Å². The molecule has 1 aromatic heterocycles. The molecule has 3 nitrogen and oxygen atoms in total. The maximum Gasteiger partial charge on any atom is 0.118 e. The Balaban J connectivity index is 1.89. The van der Waals surface area contributed by atoms with Crippen LogP contribution in [0.2, 0.25) is 0 Å². The number of quaternary nitrogens is 1. The van der Waals surface area contributed by atoms with Gasteiger partial charge in [-0.1, -0.05) is 6.07 Å². The number of thiophene rings is 1. The van der Waals surface area contributed by atoms with E-state index in [1.165, 1.54) is 4.88 Å². The van der Waals surface area contributed by atoms with Crippen molar-refractivity contribution in [3.05, 3.63) is 22.4 Å². The third kappa shape index (κ3) is 3.54. The monoisotopic (exact) mass is 270 g/mol. The van der Waals surface area contributed by atoms with E-state index in [-0.39, 0.29) is 5.60 Å². The van der Waals surface area contributed by atoms with Crippen LogP contribution in [0.1, 0.15) is 44.5 Å². The van der Waals surface area contributed by atoms with Crippen molar-refractivity contribution in [2.75, 3.05) is 13.2 Å². The molecule has 18 heavy (non-hydrogen) atoms. The topological polar surface area (TPSA) is 46.1 Å². The highest BCUT2D eigenvalue weighted by Crippen LogP contribution is 2.31. The molecule has 0 aliphatic carbocycles. The van der Waals surface area contributed by atoms with Gasteiger partial charge < -0.3 is 15.2 Å². The molecular formula is C14H24NO2S+. The molecule has 2 rings (SSSR count). The summed E-state index contributed by atoms with van der Waals surface area (Å²) in [5, 5.41) is 15.0. The fourth-order valence-electron chi connectivity index (χ4n) is 2.69. The van der Waals surface area contributed by atoms with Gasteiger partial charge in [0.25, 0.3) is 0 Å². The van der Waals surface area contributed by atoms with Crippen LogP contribution in [0.3, 0.4) is 0 Å². The van der Waals surface area contributed by atoms with Gasteiger partial charge in [0, 0.05) is 12.8 Å². The van der Waals surface area contributed by atoms with Gasteiger partial charge in [-0.3, -0.25) is 0 Å². The molecule has 1 saturated heterocycles. The normalized spacial score (nSPS) is 29.1. The molecule has 0 radical (unpaired) electrons. The second-order valence-corrected chi connectivity index (χ2v) is 6.98. The first-order chi connectivity index (χ1) is 8.40. The van der Waals surface area contributed by atoms with Crippen molar-refractivity contribution in [2.24, 2.45) is 0 Å². The van der Waals surface area contributed by atoms with Crippen LogP contribution in [-0.4, -0.2) is 29.5 Å². The molecule has 2 heterocycles. The zero-order valence-electron chi connectivity index (χ0n) is 11.5. The number of aliphatic hydroxyl groups is 1. The maximum absolute atomic E-state index is 10.6. The molecule has 1 aromatic rings. The quantitative estimate of drug-likeness (QED) is 0.874. The minimum absolute atomic E-state index is 0.201. The molecule has 4 heteroatoms. The molecule has 0 aromatic carbocycles. The highest BCUT2D eigenvalue weighted by Gasteiger charge is 2.41. The van der Waals surface area contributed by atoms with Crippen LogP contribution in [0, 0.1) is 0 Å². The first-order valence-corrected chi connectivity index (χ1v) is 7.51. The molecule has 2 atom stereocenters. The fraction of sp³-hybridized carbons (Fsp3) is 0.714. The molecule has 1 fully saturated rings. The van der Waals surface area contributed by atoms with Gasteiger partial charge in [0.2, 0.25) is 0 Å². The summed E-state index contributed by atoms with van der Waals surface area (Å²) in [5.41, 5.74) is -0.791. The lowest BCUT2D eigenvalue weighted by atomic mass is 9.84. The van der Waals surface area contributed by atoms with Gasteiger partial charge in [0.1, 0.15) is 18.2 Å². The fourth-order valence-corrected chi connectivity index (χ4v) is 3.47. The third-order valence-electron chi connectivity index (χ3n) is 3.66. The maximum atomic E-state index is 10.6. The molecule has 0 unspecified atom stereocenters. The molecule has 0 spiro atoms. The van der Waals surface area contributed by atoms with E-state index in [0.29, 0.717) is 19.1 Å². The molecule has 0 bridgehead atoms. The van der Waals surface area contributed by atoms with Gasteiger partial charge in [-0.15, -0.1) is 11.3 Å². The Bertz CT molecular complexity index is 377. The Morgan fingerprint density at radius 3 is 2.94 bits per heavy atom. The van der Waals surface area contributed by atoms with Gasteiger partial charge in [0.05, 0.1) is 17.1 Å². The Labute approximate surface area is 113 Å². The predicted molar refractivity (Wildman–Crippen MR) is 73.7 cm³/mol. The second-order valence-electron chi connectivity index (χ2n) is 6.00. The molecule has 3 N–H and O–H groups in total. The summed E-state index contributed by atoms with van der Waals surface area (Å²) in [6.45, 7) is 7.71. The van der Waals surface area contributed by atoms with Crippen molar-refractivity contribution in [3.8, 4) is 0 Å². The Hall–Kier alpha value is -0.420. The Morgan fingerprint density at radius 2 is 2.33 bits per heavy atom. The lowest BCUT2D eigenvalue weighted by Crippen LogP contribution is -2.89. The lowest BCUT2D eigenvalue weighted by Gasteiger charge is -2.40. The minimum atomic E-state index is -0.590. The summed E-state index contributed by atoms with van der Waals surface area (Å²) in [6, 6.07) is 4.65. The van der Waals surface area contributed by atoms with Gasteiger partial charge in [-0.25, -0.2) is 0 Å². The van der Waals surface area contributed by atoms with Gasteiger partial charge in [0.15, 0.2) is 0 Å². The van der Waals surface area contributed by atoms with Gasteiger partial charge in [-0.2, -0.15) is 0 Å². The Morgan fingerprint density at radius 1 is 1.56 bits per heavy atom. The summed E-state index contributed by atoms with van der Waals surface area (Å²) < 4.78 is 5.67. The number of nitrogens with two attached hydrogens (primary N) is 1. The smallest absolute Gasteiger partial charge is 0.118 e. The first kappa shape index (κ1) is 14.0. The Kier molecular flexibility index (Phi) is 4.11. The zero-order chi connectivity index (χ0) is 13.2. The number of hydrogen-bond acceptors (Lipinski definition) is 3. The van der Waals surface area contributed by atoms with Crippen molar-refractivity contribution in [1.82, 2.24) is 0 Å². The molecule has 102 valence electrons. The number of hydrogen-bond donors (Lipinski definition) is 2. The lowest BCUT2D eigenvalue weighted by molar-refractivity contribution is -0.704. The molecular weight excluding hydrogens is 246 g/mol. The number of ether oxygens (including phenoxy) is 1. The first-order valence-electron chi connectivity index (χ1n) is 6.63. The highest BCUT2D eigenvalue weighted by atomic mass is 32.1. The van der Waals surface area contributed by atoms with E-state index in [2.05, 4.69) is 43.6 Å². The molecule has 0 saturated carbocycles. The van der Waals surface area contributed by atoms with Crippen LogP contribution >= 0.6 is 11.3 Å². The zero-order valence-corrected chi connectivity index (χ0v) is 12.3. The van der Waals surface area contributed by atoms with E-state index >= 15 is 0 Å². The third-order valence-corrected chi connectivity index (χ3v) is 4.73. The molecule has 1 aliphatic heterocycles. The summed E-state index contributed by atoms with van der Waals surface area (Å²) >= 11 is 1.78. The van der Waals surface area contributed by atoms with E-state index in [4.69, 9.17) is 4.74 Å². The van der Waals surface area contributed by atoms with Crippen molar-refractivity contribution in [1.29, 1.82) is 0 Å². The van der Waals surface area contributed by atoms with Crippen molar-refractivity contribution >= 4 is 11.3 Å². The summed E-state index contributed by atoms with van der Waals surface area (Å²) in [4.78, 5) is 1.37. The van der Waals surface area contributed by atoms with E-state index in [1.54, 1.807) is 11.3 Å². The van der Waals surface area contributed by atoms with E-state index in [1.807, 2.05) is 0 Å². The van der Waals surface area contributed by atoms with E-state index < -0.39 is 5.60 Å². The summed E-state index contributed by atoms with van der Waals surface area (Å²) in [5.74, 6) is 0.